The minimum atomic E-state index is -0.266. The molecule has 0 unspecified atom stereocenters. The van der Waals surface area contributed by atoms with Crippen molar-refractivity contribution in [2.45, 2.75) is 18.7 Å². The van der Waals surface area contributed by atoms with Gasteiger partial charge in [0, 0.05) is 19.1 Å². The topological polar surface area (TPSA) is 46.2 Å². The van der Waals surface area contributed by atoms with E-state index >= 15 is 0 Å². The molecule has 0 aromatic heterocycles. The molecule has 0 saturated carbocycles. The Bertz CT molecular complexity index is 169. The highest BCUT2D eigenvalue weighted by atomic mass is 32.2. The van der Waals surface area contributed by atoms with Crippen molar-refractivity contribution in [3.05, 3.63) is 0 Å². The lowest BCUT2D eigenvalue weighted by molar-refractivity contribution is -0.124. The van der Waals surface area contributed by atoms with E-state index in [0.717, 1.165) is 5.75 Å². The second-order valence-corrected chi connectivity index (χ2v) is 3.38. The molecule has 1 aliphatic rings. The summed E-state index contributed by atoms with van der Waals surface area (Å²) >= 11 is 1.50. The summed E-state index contributed by atoms with van der Waals surface area (Å²) in [7, 11) is 0. The largest absolute Gasteiger partial charge is 0.338 e. The molecule has 1 fully saturated rings. The van der Waals surface area contributed by atoms with E-state index in [1.54, 1.807) is 0 Å². The van der Waals surface area contributed by atoms with Crippen LogP contribution in [0.5, 0.6) is 0 Å². The number of ketones is 1. The smallest absolute Gasteiger partial charge is 0.218 e. The first kappa shape index (κ1) is 7.60. The van der Waals surface area contributed by atoms with E-state index in [1.807, 2.05) is 0 Å². The van der Waals surface area contributed by atoms with Gasteiger partial charge in [0.05, 0.1) is 0 Å². The number of amides is 1. The quantitative estimate of drug-likeness (QED) is 0.592. The maximum atomic E-state index is 10.9. The van der Waals surface area contributed by atoms with Gasteiger partial charge >= 0.3 is 0 Å². The first-order chi connectivity index (χ1) is 4.70. The summed E-state index contributed by atoms with van der Waals surface area (Å²) in [5.41, 5.74) is 0. The molecule has 1 N–H and O–H groups in total. The highest BCUT2D eigenvalue weighted by Gasteiger charge is 2.25. The Labute approximate surface area is 63.6 Å². The van der Waals surface area contributed by atoms with Crippen LogP contribution in [0.2, 0.25) is 0 Å². The molecule has 1 saturated heterocycles. The van der Waals surface area contributed by atoms with Crippen LogP contribution in [0, 0.1) is 0 Å². The molecule has 0 radical (unpaired) electrons. The van der Waals surface area contributed by atoms with E-state index in [1.165, 1.54) is 18.7 Å². The first-order valence-electron chi connectivity index (χ1n) is 3.11. The highest BCUT2D eigenvalue weighted by molar-refractivity contribution is 8.01. The molecule has 1 aliphatic heterocycles. The van der Waals surface area contributed by atoms with Crippen molar-refractivity contribution in [3.8, 4) is 0 Å². The Kier molecular flexibility index (Phi) is 2.32. The van der Waals surface area contributed by atoms with Gasteiger partial charge in [0.25, 0.3) is 0 Å². The second kappa shape index (κ2) is 3.05. The Morgan fingerprint density at radius 1 is 1.80 bits per heavy atom. The van der Waals surface area contributed by atoms with Gasteiger partial charge in [-0.2, -0.15) is 0 Å². The number of thioether (sulfide) groups is 1. The van der Waals surface area contributed by atoms with Crippen LogP contribution in [-0.2, 0) is 9.59 Å². The van der Waals surface area contributed by atoms with Crippen LogP contribution in [0.25, 0.3) is 0 Å². The van der Waals surface area contributed by atoms with Gasteiger partial charge in [-0.25, -0.2) is 0 Å². The van der Waals surface area contributed by atoms with Crippen LogP contribution in [0.15, 0.2) is 0 Å². The molecule has 10 heavy (non-hydrogen) atoms. The van der Waals surface area contributed by atoms with Crippen LogP contribution in [0.3, 0.4) is 0 Å². The minimum absolute atomic E-state index is 0.132. The number of hydrogen-bond donors (Lipinski definition) is 1. The third-order valence-corrected chi connectivity index (χ3v) is 2.41. The normalized spacial score (nSPS) is 24.9. The number of carbonyl (C=O) groups excluding carboxylic acids is 2. The number of nitrogens with one attached hydrogen (secondary N) is 1. The van der Waals surface area contributed by atoms with E-state index in [4.69, 9.17) is 0 Å². The molecule has 0 spiro atoms. The van der Waals surface area contributed by atoms with Gasteiger partial charge in [-0.15, -0.1) is 11.8 Å². The number of Topliss-reactive ketones (excluding diaryl/α,β-unsaturated/α-hetero) is 1. The minimum Gasteiger partial charge on any atom is -0.338 e. The van der Waals surface area contributed by atoms with Crippen LogP contribution >= 0.6 is 11.8 Å². The number of rotatable bonds is 1. The summed E-state index contributed by atoms with van der Waals surface area (Å²) < 4.78 is 0. The summed E-state index contributed by atoms with van der Waals surface area (Å²) in [5, 5.41) is 2.30. The summed E-state index contributed by atoms with van der Waals surface area (Å²) in [6.07, 6.45) is 0.593. The zero-order chi connectivity index (χ0) is 7.56. The lowest BCUT2D eigenvalue weighted by Crippen LogP contribution is -2.33. The fourth-order valence-electron chi connectivity index (χ4n) is 0.808. The Morgan fingerprint density at radius 2 is 2.50 bits per heavy atom. The Balaban J connectivity index is 2.40. The first-order valence-corrected chi connectivity index (χ1v) is 4.16. The van der Waals surface area contributed by atoms with Crippen LogP contribution < -0.4 is 5.32 Å². The molecular formula is C6H9NO2S. The molecule has 1 heterocycles. The SMILES string of the molecule is CC(=O)N[C@@H]1SCCC1=O. The molecule has 0 bridgehead atoms. The third-order valence-electron chi connectivity index (χ3n) is 1.26. The average Bonchev–Trinajstić information content (AvgIpc) is 2.15. The van der Waals surface area contributed by atoms with Gasteiger partial charge in [0.15, 0.2) is 5.78 Å². The summed E-state index contributed by atoms with van der Waals surface area (Å²) in [6.45, 7) is 1.42. The van der Waals surface area contributed by atoms with Gasteiger partial charge in [0.2, 0.25) is 5.91 Å². The molecule has 56 valence electrons. The monoisotopic (exact) mass is 159 g/mol. The van der Waals surface area contributed by atoms with Crippen molar-refractivity contribution in [2.75, 3.05) is 5.75 Å². The van der Waals surface area contributed by atoms with Crippen LogP contribution in [-0.4, -0.2) is 22.8 Å². The average molecular weight is 159 g/mol. The lowest BCUT2D eigenvalue weighted by Gasteiger charge is -2.06. The van der Waals surface area contributed by atoms with Crippen LogP contribution in [0.4, 0.5) is 0 Å². The molecule has 0 aliphatic carbocycles. The van der Waals surface area contributed by atoms with Crippen molar-refractivity contribution in [3.63, 3.8) is 0 Å². The molecule has 4 heteroatoms. The maximum absolute atomic E-state index is 10.9. The van der Waals surface area contributed by atoms with Gasteiger partial charge in [-0.1, -0.05) is 0 Å². The number of hydrogen-bond acceptors (Lipinski definition) is 3. The standard InChI is InChI=1S/C6H9NO2S/c1-4(8)7-6-5(9)2-3-10-6/h6H,2-3H2,1H3,(H,7,8)/t6-/m1/s1. The molecular weight excluding hydrogens is 150 g/mol. The van der Waals surface area contributed by atoms with Gasteiger partial charge in [0.1, 0.15) is 5.37 Å². The summed E-state index contributed by atoms with van der Waals surface area (Å²) in [6, 6.07) is 0. The van der Waals surface area contributed by atoms with Gasteiger partial charge < -0.3 is 5.32 Å². The predicted octanol–water partition coefficient (Wildman–Crippen LogP) is 0.155. The Hall–Kier alpha value is -0.510. The Morgan fingerprint density at radius 3 is 2.90 bits per heavy atom. The lowest BCUT2D eigenvalue weighted by atomic mass is 10.3. The predicted molar refractivity (Wildman–Crippen MR) is 39.7 cm³/mol. The van der Waals surface area contributed by atoms with Crippen molar-refractivity contribution in [1.29, 1.82) is 0 Å². The van der Waals surface area contributed by atoms with Gasteiger partial charge in [-0.3, -0.25) is 9.59 Å². The van der Waals surface area contributed by atoms with E-state index in [9.17, 15) is 9.59 Å². The zero-order valence-electron chi connectivity index (χ0n) is 5.72. The summed E-state index contributed by atoms with van der Waals surface area (Å²) in [4.78, 5) is 21.3. The van der Waals surface area contributed by atoms with Crippen LogP contribution in [0.1, 0.15) is 13.3 Å². The molecule has 0 aromatic carbocycles. The maximum Gasteiger partial charge on any atom is 0.218 e. The fraction of sp³-hybridized carbons (Fsp3) is 0.667. The van der Waals surface area contributed by atoms with E-state index in [-0.39, 0.29) is 17.1 Å². The van der Waals surface area contributed by atoms with Gasteiger partial charge in [-0.05, 0) is 0 Å². The molecule has 1 atom stereocenters. The summed E-state index contributed by atoms with van der Waals surface area (Å²) in [5.74, 6) is 0.844. The van der Waals surface area contributed by atoms with E-state index in [2.05, 4.69) is 5.32 Å². The molecule has 3 nitrogen and oxygen atoms in total. The molecule has 0 aromatic rings. The highest BCUT2D eigenvalue weighted by Crippen LogP contribution is 2.20. The van der Waals surface area contributed by atoms with E-state index in [0.29, 0.717) is 6.42 Å². The van der Waals surface area contributed by atoms with Crippen molar-refractivity contribution < 1.29 is 9.59 Å². The molecule has 1 rings (SSSR count). The third kappa shape index (κ3) is 1.73. The number of carbonyl (C=O) groups is 2. The van der Waals surface area contributed by atoms with Crippen molar-refractivity contribution >= 4 is 23.5 Å². The van der Waals surface area contributed by atoms with E-state index < -0.39 is 0 Å². The van der Waals surface area contributed by atoms with Crippen molar-refractivity contribution in [1.82, 2.24) is 5.32 Å². The molecule has 1 amide bonds. The van der Waals surface area contributed by atoms with Crippen molar-refractivity contribution in [2.24, 2.45) is 0 Å². The second-order valence-electron chi connectivity index (χ2n) is 2.17. The zero-order valence-corrected chi connectivity index (χ0v) is 6.53. The fourth-order valence-corrected chi connectivity index (χ4v) is 1.92.